The summed E-state index contributed by atoms with van der Waals surface area (Å²) in [6, 6.07) is 15.3. The zero-order chi connectivity index (χ0) is 23.6. The van der Waals surface area contributed by atoms with Crippen molar-refractivity contribution in [2.75, 3.05) is 13.7 Å². The van der Waals surface area contributed by atoms with Crippen LogP contribution < -0.4 is 10.1 Å². The fourth-order valence-corrected chi connectivity index (χ4v) is 5.87. The number of amides is 1. The number of methoxy groups -OCH3 is 1. The summed E-state index contributed by atoms with van der Waals surface area (Å²) >= 11 is 0. The van der Waals surface area contributed by atoms with Gasteiger partial charge in [0.25, 0.3) is 0 Å². The van der Waals surface area contributed by atoms with Crippen LogP contribution >= 0.6 is 0 Å². The number of aromatic nitrogens is 2. The lowest BCUT2D eigenvalue weighted by Gasteiger charge is -2.23. The van der Waals surface area contributed by atoms with Crippen molar-refractivity contribution in [3.8, 4) is 11.4 Å². The van der Waals surface area contributed by atoms with Gasteiger partial charge in [-0.05, 0) is 63.1 Å². The zero-order valence-electron chi connectivity index (χ0n) is 19.0. The largest absolute Gasteiger partial charge is 0.497 e. The van der Waals surface area contributed by atoms with E-state index in [0.29, 0.717) is 25.1 Å². The van der Waals surface area contributed by atoms with Crippen molar-refractivity contribution in [1.29, 1.82) is 0 Å². The molecule has 9 heteroatoms. The van der Waals surface area contributed by atoms with E-state index < -0.39 is 16.1 Å². The molecule has 0 spiro atoms. The highest BCUT2D eigenvalue weighted by atomic mass is 32.2. The Labute approximate surface area is 194 Å². The lowest BCUT2D eigenvalue weighted by Crippen LogP contribution is -2.45. The monoisotopic (exact) mass is 468 g/mol. The zero-order valence-corrected chi connectivity index (χ0v) is 19.8. The van der Waals surface area contributed by atoms with Crippen LogP contribution in [0.3, 0.4) is 0 Å². The van der Waals surface area contributed by atoms with E-state index in [1.807, 2.05) is 48.9 Å². The van der Waals surface area contributed by atoms with Gasteiger partial charge in [0.2, 0.25) is 15.9 Å². The highest BCUT2D eigenvalue weighted by Crippen LogP contribution is 2.27. The summed E-state index contributed by atoms with van der Waals surface area (Å²) in [7, 11) is -2.26. The van der Waals surface area contributed by atoms with Gasteiger partial charge in [-0.25, -0.2) is 13.1 Å². The first-order chi connectivity index (χ1) is 15.8. The van der Waals surface area contributed by atoms with E-state index in [1.165, 1.54) is 23.5 Å². The van der Waals surface area contributed by atoms with E-state index in [2.05, 4.69) is 10.4 Å². The van der Waals surface area contributed by atoms with Crippen molar-refractivity contribution in [2.45, 2.75) is 44.2 Å². The molecule has 1 N–H and O–H groups in total. The van der Waals surface area contributed by atoms with Crippen LogP contribution in [0.15, 0.2) is 59.5 Å². The van der Waals surface area contributed by atoms with Crippen molar-refractivity contribution in [1.82, 2.24) is 19.4 Å². The molecule has 2 heterocycles. The quantitative estimate of drug-likeness (QED) is 0.575. The Hall–Kier alpha value is -3.17. The van der Waals surface area contributed by atoms with Crippen LogP contribution in [0.1, 0.15) is 29.8 Å². The number of nitrogens with one attached hydrogen (secondary N) is 1. The van der Waals surface area contributed by atoms with Gasteiger partial charge in [-0.2, -0.15) is 9.40 Å². The highest BCUT2D eigenvalue weighted by molar-refractivity contribution is 7.89. The number of hydrogen-bond acceptors (Lipinski definition) is 5. The lowest BCUT2D eigenvalue weighted by atomic mass is 10.1. The molecule has 0 aliphatic carbocycles. The molecule has 174 valence electrons. The van der Waals surface area contributed by atoms with E-state index in [1.54, 1.807) is 12.1 Å². The summed E-state index contributed by atoms with van der Waals surface area (Å²) in [5.41, 5.74) is 3.64. The Morgan fingerprint density at radius 2 is 1.82 bits per heavy atom. The Bertz CT molecular complexity index is 1240. The molecule has 0 bridgehead atoms. The maximum atomic E-state index is 13.2. The molecule has 2 aromatic carbocycles. The van der Waals surface area contributed by atoms with Gasteiger partial charge in [0, 0.05) is 24.3 Å². The normalized spacial score (nSPS) is 16.6. The molecule has 0 radical (unpaired) electrons. The van der Waals surface area contributed by atoms with Gasteiger partial charge < -0.3 is 10.1 Å². The maximum absolute atomic E-state index is 13.2. The van der Waals surface area contributed by atoms with Crippen LogP contribution in [-0.2, 0) is 21.4 Å². The minimum atomic E-state index is -3.79. The average Bonchev–Trinajstić information content (AvgIpc) is 3.44. The van der Waals surface area contributed by atoms with Crippen LogP contribution in [0.4, 0.5) is 0 Å². The predicted octanol–water partition coefficient (Wildman–Crippen LogP) is 2.97. The molecule has 1 fully saturated rings. The molecular weight excluding hydrogens is 440 g/mol. The third kappa shape index (κ3) is 4.51. The molecule has 0 saturated carbocycles. The second-order valence-electron chi connectivity index (χ2n) is 8.06. The first-order valence-corrected chi connectivity index (χ1v) is 12.3. The number of para-hydroxylation sites is 1. The van der Waals surface area contributed by atoms with Crippen LogP contribution in [0.2, 0.25) is 0 Å². The molecule has 0 unspecified atom stereocenters. The third-order valence-corrected chi connectivity index (χ3v) is 7.98. The summed E-state index contributed by atoms with van der Waals surface area (Å²) in [4.78, 5) is 13.2. The first-order valence-electron chi connectivity index (χ1n) is 10.9. The molecule has 4 rings (SSSR count). The minimum absolute atomic E-state index is 0.152. The van der Waals surface area contributed by atoms with Gasteiger partial charge in [0.1, 0.15) is 11.8 Å². The average molecular weight is 469 g/mol. The Balaban J connectivity index is 1.49. The van der Waals surface area contributed by atoms with E-state index in [0.717, 1.165) is 22.6 Å². The molecular formula is C24H28N4O4S. The number of ether oxygens (including phenoxy) is 1. The highest BCUT2D eigenvalue weighted by Gasteiger charge is 2.39. The summed E-state index contributed by atoms with van der Waals surface area (Å²) in [5, 5.41) is 7.55. The predicted molar refractivity (Wildman–Crippen MR) is 125 cm³/mol. The maximum Gasteiger partial charge on any atom is 0.243 e. The topological polar surface area (TPSA) is 93.5 Å². The first kappa shape index (κ1) is 23.0. The Kier molecular flexibility index (Phi) is 6.53. The number of rotatable bonds is 7. The van der Waals surface area contributed by atoms with Crippen LogP contribution in [0.25, 0.3) is 5.69 Å². The van der Waals surface area contributed by atoms with Gasteiger partial charge in [-0.1, -0.05) is 18.2 Å². The number of hydrogen-bond donors (Lipinski definition) is 1. The molecule has 1 saturated heterocycles. The van der Waals surface area contributed by atoms with Gasteiger partial charge in [0.15, 0.2) is 0 Å². The van der Waals surface area contributed by atoms with E-state index >= 15 is 0 Å². The van der Waals surface area contributed by atoms with E-state index in [9.17, 15) is 13.2 Å². The third-order valence-electron chi connectivity index (χ3n) is 6.05. The Morgan fingerprint density at radius 1 is 1.12 bits per heavy atom. The summed E-state index contributed by atoms with van der Waals surface area (Å²) in [6.45, 7) is 4.47. The van der Waals surface area contributed by atoms with Crippen LogP contribution in [0.5, 0.6) is 5.75 Å². The molecule has 8 nitrogen and oxygen atoms in total. The van der Waals surface area contributed by atoms with E-state index in [-0.39, 0.29) is 17.3 Å². The lowest BCUT2D eigenvalue weighted by molar-refractivity contribution is -0.124. The summed E-state index contributed by atoms with van der Waals surface area (Å²) in [5.74, 6) is 0.280. The fourth-order valence-electron chi connectivity index (χ4n) is 4.22. The molecule has 33 heavy (non-hydrogen) atoms. The number of benzene rings is 2. The SMILES string of the molecule is COc1ccc(S(=O)(=O)N2CCC[C@@H]2C(=O)NCc2c(C)nn(-c3ccccc3)c2C)cc1. The second kappa shape index (κ2) is 9.36. The van der Waals surface area contributed by atoms with Crippen LogP contribution in [-0.4, -0.2) is 48.1 Å². The second-order valence-corrected chi connectivity index (χ2v) is 9.95. The van der Waals surface area contributed by atoms with Crippen molar-refractivity contribution in [3.05, 3.63) is 71.5 Å². The molecule has 1 aliphatic rings. The van der Waals surface area contributed by atoms with Gasteiger partial charge in [-0.15, -0.1) is 0 Å². The summed E-state index contributed by atoms with van der Waals surface area (Å²) < 4.78 is 34.6. The molecule has 3 aromatic rings. The number of sulfonamides is 1. The molecule has 1 amide bonds. The number of aryl methyl sites for hydroxylation is 1. The molecule has 1 aromatic heterocycles. The summed E-state index contributed by atoms with van der Waals surface area (Å²) in [6.07, 6.45) is 1.12. The van der Waals surface area contributed by atoms with Gasteiger partial charge >= 0.3 is 0 Å². The number of nitrogens with zero attached hydrogens (tertiary/aromatic N) is 3. The van der Waals surface area contributed by atoms with Crippen molar-refractivity contribution < 1.29 is 17.9 Å². The number of carbonyl (C=O) groups is 1. The molecule has 1 aliphatic heterocycles. The standard InChI is InChI=1S/C24H28N4O4S/c1-17-22(18(2)28(26-17)19-8-5-4-6-9-19)16-25-24(29)23-10-7-15-27(23)33(30,31)21-13-11-20(32-3)12-14-21/h4-6,8-9,11-14,23H,7,10,15-16H2,1-3H3,(H,25,29)/t23-/m1/s1. The van der Waals surface area contributed by atoms with Crippen molar-refractivity contribution >= 4 is 15.9 Å². The van der Waals surface area contributed by atoms with E-state index in [4.69, 9.17) is 4.74 Å². The fraction of sp³-hybridized carbons (Fsp3) is 0.333. The molecule has 1 atom stereocenters. The van der Waals surface area contributed by atoms with Gasteiger partial charge in [-0.3, -0.25) is 4.79 Å². The smallest absolute Gasteiger partial charge is 0.243 e. The Morgan fingerprint density at radius 3 is 2.48 bits per heavy atom. The van der Waals surface area contributed by atoms with Crippen molar-refractivity contribution in [2.24, 2.45) is 0 Å². The van der Waals surface area contributed by atoms with Crippen LogP contribution in [0, 0.1) is 13.8 Å². The van der Waals surface area contributed by atoms with Crippen molar-refractivity contribution in [3.63, 3.8) is 0 Å². The van der Waals surface area contributed by atoms with Gasteiger partial charge in [0.05, 0.1) is 23.4 Å². The minimum Gasteiger partial charge on any atom is -0.497 e. The number of carbonyl (C=O) groups excluding carboxylic acids is 1.